The number of carbonyl (C=O) groups is 1. The molecule has 4 rings (SSSR count). The van der Waals surface area contributed by atoms with E-state index in [4.69, 9.17) is 16.3 Å². The Kier molecular flexibility index (Phi) is 3.89. The molecule has 0 bridgehead atoms. The van der Waals surface area contributed by atoms with Gasteiger partial charge in [-0.2, -0.15) is 0 Å². The second kappa shape index (κ2) is 6.22. The molecule has 1 aliphatic rings. The number of carbonyl (C=O) groups excluding carboxylic acids is 1. The fourth-order valence-corrected chi connectivity index (χ4v) is 3.09. The average Bonchev–Trinajstić information content (AvgIpc) is 2.63. The van der Waals surface area contributed by atoms with Crippen LogP contribution in [0.25, 0.3) is 10.9 Å². The Morgan fingerprint density at radius 1 is 1.28 bits per heavy atom. The Labute approximate surface area is 148 Å². The number of nitrogens with zero attached hydrogens (tertiary/aromatic N) is 2. The molecule has 1 aliphatic heterocycles. The number of nitrogens with one attached hydrogen (secondary N) is 1. The van der Waals surface area contributed by atoms with Gasteiger partial charge in [-0.25, -0.2) is 9.66 Å². The Morgan fingerprint density at radius 2 is 2.12 bits per heavy atom. The summed E-state index contributed by atoms with van der Waals surface area (Å²) in [7, 11) is 0. The fraction of sp³-hybridized carbons (Fsp3) is 0.167. The molecule has 126 valence electrons. The molecule has 7 heteroatoms. The van der Waals surface area contributed by atoms with Gasteiger partial charge in [-0.1, -0.05) is 23.7 Å². The molecule has 0 fully saturated rings. The lowest BCUT2D eigenvalue weighted by atomic mass is 9.96. The predicted molar refractivity (Wildman–Crippen MR) is 94.5 cm³/mol. The Morgan fingerprint density at radius 3 is 3.00 bits per heavy atom. The van der Waals surface area contributed by atoms with Crippen LogP contribution in [0.15, 0.2) is 53.6 Å². The zero-order valence-electron chi connectivity index (χ0n) is 13.1. The monoisotopic (exact) mass is 355 g/mol. The number of hydrogen-bond donors (Lipinski definition) is 1. The van der Waals surface area contributed by atoms with Crippen LogP contribution < -0.4 is 15.7 Å². The van der Waals surface area contributed by atoms with Crippen LogP contribution in [0.4, 0.5) is 0 Å². The zero-order chi connectivity index (χ0) is 17.4. The first-order valence-electron chi connectivity index (χ1n) is 7.80. The van der Waals surface area contributed by atoms with E-state index in [1.807, 2.05) is 0 Å². The minimum absolute atomic E-state index is 0.246. The zero-order valence-corrected chi connectivity index (χ0v) is 13.9. The van der Waals surface area contributed by atoms with Crippen molar-refractivity contribution < 1.29 is 9.53 Å². The lowest BCUT2D eigenvalue weighted by Gasteiger charge is -2.24. The maximum Gasteiger partial charge on any atom is 0.280 e. The molecule has 1 aromatic heterocycles. The topological polar surface area (TPSA) is 73.2 Å². The molecule has 1 N–H and O–H groups in total. The third kappa shape index (κ3) is 2.96. The van der Waals surface area contributed by atoms with Gasteiger partial charge in [-0.3, -0.25) is 15.0 Å². The third-order valence-electron chi connectivity index (χ3n) is 4.20. The molecule has 1 unspecified atom stereocenters. The molecule has 0 saturated carbocycles. The standard InChI is InChI=1S/C18H14ClN3O3/c19-13-5-6-16-11(8-13)7-12(9-25-16)17(23)21-22-10-20-15-4-2-1-3-14(15)18(22)24/h1-6,8,10,12H,7,9H2,(H,21,23). The van der Waals surface area contributed by atoms with Gasteiger partial charge in [0.2, 0.25) is 5.91 Å². The lowest BCUT2D eigenvalue weighted by Crippen LogP contribution is -2.40. The van der Waals surface area contributed by atoms with Crippen molar-refractivity contribution in [3.05, 3.63) is 69.7 Å². The van der Waals surface area contributed by atoms with E-state index >= 15 is 0 Å². The normalized spacial score (nSPS) is 16.1. The predicted octanol–water partition coefficient (Wildman–Crippen LogP) is 2.37. The van der Waals surface area contributed by atoms with Gasteiger partial charge >= 0.3 is 0 Å². The van der Waals surface area contributed by atoms with Gasteiger partial charge in [-0.15, -0.1) is 0 Å². The summed E-state index contributed by atoms with van der Waals surface area (Å²) >= 11 is 6.00. The Hall–Kier alpha value is -2.86. The van der Waals surface area contributed by atoms with E-state index in [1.54, 1.807) is 42.5 Å². The number of aromatic nitrogens is 2. The largest absolute Gasteiger partial charge is 0.492 e. The van der Waals surface area contributed by atoms with Crippen molar-refractivity contribution in [3.8, 4) is 5.75 Å². The summed E-state index contributed by atoms with van der Waals surface area (Å²) in [4.78, 5) is 29.2. The van der Waals surface area contributed by atoms with E-state index in [0.29, 0.717) is 22.3 Å². The minimum Gasteiger partial charge on any atom is -0.492 e. The van der Waals surface area contributed by atoms with Crippen LogP contribution in [0.3, 0.4) is 0 Å². The number of ether oxygens (including phenoxy) is 1. The van der Waals surface area contributed by atoms with Gasteiger partial charge in [0.05, 0.1) is 16.8 Å². The number of amides is 1. The van der Waals surface area contributed by atoms with Gasteiger partial charge in [0, 0.05) is 5.02 Å². The van der Waals surface area contributed by atoms with Gasteiger partial charge in [0.15, 0.2) is 0 Å². The van der Waals surface area contributed by atoms with Crippen LogP contribution in [-0.4, -0.2) is 22.2 Å². The highest BCUT2D eigenvalue weighted by Crippen LogP contribution is 2.29. The minimum atomic E-state index is -0.413. The van der Waals surface area contributed by atoms with Gasteiger partial charge in [0.1, 0.15) is 18.7 Å². The van der Waals surface area contributed by atoms with Crippen LogP contribution in [0.1, 0.15) is 5.56 Å². The van der Waals surface area contributed by atoms with Crippen molar-refractivity contribution in [2.45, 2.75) is 6.42 Å². The van der Waals surface area contributed by atoms with E-state index < -0.39 is 5.92 Å². The highest BCUT2D eigenvalue weighted by atomic mass is 35.5. The first kappa shape index (κ1) is 15.7. The van der Waals surface area contributed by atoms with Crippen molar-refractivity contribution in [2.75, 3.05) is 12.0 Å². The molecular formula is C18H14ClN3O3. The number of para-hydroxylation sites is 1. The quantitative estimate of drug-likeness (QED) is 0.766. The van der Waals surface area contributed by atoms with E-state index in [-0.39, 0.29) is 18.1 Å². The first-order chi connectivity index (χ1) is 12.1. The molecule has 1 atom stereocenters. The number of fused-ring (bicyclic) bond motifs is 2. The van der Waals surface area contributed by atoms with Crippen molar-refractivity contribution in [1.29, 1.82) is 0 Å². The summed E-state index contributed by atoms with van der Waals surface area (Å²) in [5.74, 6) is 0.0205. The molecule has 0 radical (unpaired) electrons. The lowest BCUT2D eigenvalue weighted by molar-refractivity contribution is -0.122. The van der Waals surface area contributed by atoms with Crippen molar-refractivity contribution in [2.24, 2.45) is 5.92 Å². The maximum absolute atomic E-state index is 12.5. The molecule has 6 nitrogen and oxygen atoms in total. The molecule has 2 heterocycles. The van der Waals surface area contributed by atoms with E-state index in [2.05, 4.69) is 10.4 Å². The van der Waals surface area contributed by atoms with Crippen molar-refractivity contribution in [1.82, 2.24) is 9.66 Å². The molecule has 1 amide bonds. The van der Waals surface area contributed by atoms with E-state index in [0.717, 1.165) is 16.0 Å². The molecule has 2 aromatic carbocycles. The SMILES string of the molecule is O=C(Nn1cnc2ccccc2c1=O)C1COc2ccc(Cl)cc2C1. The second-order valence-electron chi connectivity index (χ2n) is 5.88. The number of halogens is 1. The van der Waals surface area contributed by atoms with Crippen LogP contribution in [0.2, 0.25) is 5.02 Å². The summed E-state index contributed by atoms with van der Waals surface area (Å²) in [6.45, 7) is 0.246. The summed E-state index contributed by atoms with van der Waals surface area (Å²) in [5.41, 5.74) is 3.75. The molecule has 0 aliphatic carbocycles. The molecule has 25 heavy (non-hydrogen) atoms. The maximum atomic E-state index is 12.5. The van der Waals surface area contributed by atoms with E-state index in [9.17, 15) is 9.59 Å². The molecule has 0 spiro atoms. The Bertz CT molecular complexity index is 1030. The van der Waals surface area contributed by atoms with Crippen LogP contribution in [-0.2, 0) is 11.2 Å². The average molecular weight is 356 g/mol. The van der Waals surface area contributed by atoms with Gasteiger partial charge < -0.3 is 4.74 Å². The summed E-state index contributed by atoms with van der Waals surface area (Å²) in [6.07, 6.45) is 1.81. The molecule has 0 saturated heterocycles. The highest BCUT2D eigenvalue weighted by Gasteiger charge is 2.26. The van der Waals surface area contributed by atoms with Crippen LogP contribution in [0.5, 0.6) is 5.75 Å². The number of benzene rings is 2. The molecule has 3 aromatic rings. The van der Waals surface area contributed by atoms with E-state index in [1.165, 1.54) is 6.33 Å². The van der Waals surface area contributed by atoms with Crippen molar-refractivity contribution >= 4 is 28.4 Å². The highest BCUT2D eigenvalue weighted by molar-refractivity contribution is 6.30. The van der Waals surface area contributed by atoms with Crippen LogP contribution >= 0.6 is 11.6 Å². The summed E-state index contributed by atoms with van der Waals surface area (Å²) in [5, 5.41) is 1.04. The van der Waals surface area contributed by atoms with Gasteiger partial charge in [0.25, 0.3) is 5.56 Å². The smallest absolute Gasteiger partial charge is 0.280 e. The summed E-state index contributed by atoms with van der Waals surface area (Å²) < 4.78 is 6.74. The van der Waals surface area contributed by atoms with Gasteiger partial charge in [-0.05, 0) is 42.3 Å². The van der Waals surface area contributed by atoms with Crippen molar-refractivity contribution in [3.63, 3.8) is 0 Å². The number of rotatable bonds is 2. The Balaban J connectivity index is 1.57. The second-order valence-corrected chi connectivity index (χ2v) is 6.31. The summed E-state index contributed by atoms with van der Waals surface area (Å²) in [6, 6.07) is 12.3. The third-order valence-corrected chi connectivity index (χ3v) is 4.43. The van der Waals surface area contributed by atoms with Crippen LogP contribution in [0, 0.1) is 5.92 Å². The molecular weight excluding hydrogens is 342 g/mol. The fourth-order valence-electron chi connectivity index (χ4n) is 2.89. The number of hydrogen-bond acceptors (Lipinski definition) is 4. The first-order valence-corrected chi connectivity index (χ1v) is 8.18.